The molecule has 0 radical (unpaired) electrons. The number of carbonyl (C=O) groups is 1. The van der Waals surface area contributed by atoms with Gasteiger partial charge in [0, 0.05) is 24.7 Å². The Hall–Kier alpha value is -1.97. The summed E-state index contributed by atoms with van der Waals surface area (Å²) in [5.74, 6) is 0. The van der Waals surface area contributed by atoms with Crippen molar-refractivity contribution in [1.82, 2.24) is 10.2 Å². The molecule has 1 aromatic rings. The van der Waals surface area contributed by atoms with E-state index >= 15 is 0 Å². The third kappa shape index (κ3) is 7.52. The highest BCUT2D eigenvalue weighted by molar-refractivity contribution is 5.69. The molecule has 1 aromatic carbocycles. The van der Waals surface area contributed by atoms with E-state index in [1.165, 1.54) is 0 Å². The molecule has 1 fully saturated rings. The Balaban J connectivity index is 2.19. The number of likely N-dealkylation sites (tertiary alicyclic amines) is 1. The Bertz CT molecular complexity index is 770. The molecule has 1 aliphatic rings. The second-order valence-corrected chi connectivity index (χ2v) is 9.48. The number of ether oxygens (including phenoxy) is 1. The summed E-state index contributed by atoms with van der Waals surface area (Å²) >= 11 is 0. The van der Waals surface area contributed by atoms with Gasteiger partial charge in [0.15, 0.2) is 0 Å². The van der Waals surface area contributed by atoms with Gasteiger partial charge in [-0.15, -0.1) is 0 Å². The molecular formula is C23H32F6N2O2. The molecule has 2 rings (SSSR count). The molecule has 0 bridgehead atoms. The first-order chi connectivity index (χ1) is 15.0. The number of nitrogens with zero attached hydrogens (tertiary/aromatic N) is 1. The smallest absolute Gasteiger partial charge is 0.416 e. The van der Waals surface area contributed by atoms with Gasteiger partial charge in [-0.1, -0.05) is 13.8 Å². The number of piperidine rings is 1. The molecular weight excluding hydrogens is 450 g/mol. The zero-order valence-corrected chi connectivity index (χ0v) is 19.5. The molecule has 0 aliphatic carbocycles. The number of hydrogen-bond donors (Lipinski definition) is 1. The second-order valence-electron chi connectivity index (χ2n) is 9.48. The van der Waals surface area contributed by atoms with Crippen LogP contribution >= 0.6 is 0 Å². The lowest BCUT2D eigenvalue weighted by molar-refractivity contribution is -0.143. The maximum absolute atomic E-state index is 13.1. The standard InChI is InChI=1S/C23H32F6N2O2/c1-6-18-11-17(12-19(7-2)31(18)20(32)33-21(3,4)5)30-13-14-8-15(22(24,25)26)10-16(9-14)23(27,28)29/h8-10,17-19,30H,6-7,11-13H2,1-5H3/t17?,18-,19?/m1/s1. The zero-order chi connectivity index (χ0) is 25.2. The first-order valence-corrected chi connectivity index (χ1v) is 11.1. The molecule has 188 valence electrons. The number of benzene rings is 1. The quantitative estimate of drug-likeness (QED) is 0.471. The van der Waals surface area contributed by atoms with Crippen LogP contribution < -0.4 is 5.32 Å². The summed E-state index contributed by atoms with van der Waals surface area (Å²) in [5.41, 5.74) is -3.39. The summed E-state index contributed by atoms with van der Waals surface area (Å²) in [5, 5.41) is 3.12. The fourth-order valence-electron chi connectivity index (χ4n) is 4.17. The molecule has 33 heavy (non-hydrogen) atoms. The van der Waals surface area contributed by atoms with Crippen LogP contribution in [0.4, 0.5) is 31.1 Å². The number of amides is 1. The SMILES string of the molecule is CCC1CC(NCc2cc(C(F)(F)F)cc(C(F)(F)F)c2)C[C@@H](CC)N1C(=O)OC(C)(C)C. The third-order valence-electron chi connectivity index (χ3n) is 5.69. The van der Waals surface area contributed by atoms with Crippen molar-refractivity contribution in [2.24, 2.45) is 0 Å². The monoisotopic (exact) mass is 482 g/mol. The van der Waals surface area contributed by atoms with Crippen LogP contribution in [0, 0.1) is 0 Å². The van der Waals surface area contributed by atoms with Crippen molar-refractivity contribution in [2.75, 3.05) is 0 Å². The van der Waals surface area contributed by atoms with Crippen LogP contribution in [0.1, 0.15) is 77.0 Å². The number of hydrogen-bond acceptors (Lipinski definition) is 3. The van der Waals surface area contributed by atoms with Gasteiger partial charge in [0.25, 0.3) is 0 Å². The van der Waals surface area contributed by atoms with Crippen LogP contribution in [-0.2, 0) is 23.6 Å². The summed E-state index contributed by atoms with van der Waals surface area (Å²) in [6.07, 6.45) is -7.82. The molecule has 3 atom stereocenters. The highest BCUT2D eigenvalue weighted by Gasteiger charge is 2.39. The molecule has 0 saturated carbocycles. The van der Waals surface area contributed by atoms with E-state index < -0.39 is 35.2 Å². The topological polar surface area (TPSA) is 41.6 Å². The van der Waals surface area contributed by atoms with Gasteiger partial charge >= 0.3 is 18.4 Å². The third-order valence-corrected chi connectivity index (χ3v) is 5.69. The maximum atomic E-state index is 13.1. The van der Waals surface area contributed by atoms with Crippen molar-refractivity contribution in [1.29, 1.82) is 0 Å². The number of alkyl halides is 6. The largest absolute Gasteiger partial charge is 0.444 e. The van der Waals surface area contributed by atoms with Crippen LogP contribution in [0.25, 0.3) is 0 Å². The van der Waals surface area contributed by atoms with Crippen LogP contribution in [-0.4, -0.2) is 34.7 Å². The molecule has 1 N–H and O–H groups in total. The van der Waals surface area contributed by atoms with E-state index in [9.17, 15) is 31.1 Å². The Morgan fingerprint density at radius 2 is 1.39 bits per heavy atom. The molecule has 4 nitrogen and oxygen atoms in total. The average Bonchev–Trinajstić information content (AvgIpc) is 2.68. The Labute approximate surface area is 190 Å². The van der Waals surface area contributed by atoms with Gasteiger partial charge in [0.2, 0.25) is 0 Å². The van der Waals surface area contributed by atoms with Crippen LogP contribution in [0.5, 0.6) is 0 Å². The van der Waals surface area contributed by atoms with Gasteiger partial charge in [-0.2, -0.15) is 26.3 Å². The van der Waals surface area contributed by atoms with Crippen LogP contribution in [0.3, 0.4) is 0 Å². The van der Waals surface area contributed by atoms with E-state index in [4.69, 9.17) is 4.74 Å². The average molecular weight is 483 g/mol. The van der Waals surface area contributed by atoms with Crippen molar-refractivity contribution >= 4 is 6.09 Å². The number of carbonyl (C=O) groups excluding carboxylic acids is 1. The normalized spacial score (nSPS) is 22.4. The first kappa shape index (κ1) is 27.3. The van der Waals surface area contributed by atoms with Crippen LogP contribution in [0.15, 0.2) is 18.2 Å². The Morgan fingerprint density at radius 1 is 0.939 bits per heavy atom. The molecule has 1 saturated heterocycles. The minimum atomic E-state index is -4.88. The predicted octanol–water partition coefficient (Wildman–Crippen LogP) is 6.77. The van der Waals surface area contributed by atoms with Gasteiger partial charge in [-0.3, -0.25) is 0 Å². The van der Waals surface area contributed by atoms with Gasteiger partial charge in [-0.25, -0.2) is 4.79 Å². The lowest BCUT2D eigenvalue weighted by atomic mass is 9.88. The van der Waals surface area contributed by atoms with E-state index in [0.29, 0.717) is 25.7 Å². The summed E-state index contributed by atoms with van der Waals surface area (Å²) in [7, 11) is 0. The highest BCUT2D eigenvalue weighted by atomic mass is 19.4. The fourth-order valence-corrected chi connectivity index (χ4v) is 4.17. The Morgan fingerprint density at radius 3 is 1.76 bits per heavy atom. The van der Waals surface area contributed by atoms with E-state index in [1.54, 1.807) is 25.7 Å². The summed E-state index contributed by atoms with van der Waals surface area (Å²) in [6.45, 7) is 9.07. The van der Waals surface area contributed by atoms with E-state index in [1.807, 2.05) is 13.8 Å². The minimum Gasteiger partial charge on any atom is -0.444 e. The summed E-state index contributed by atoms with van der Waals surface area (Å²) in [6, 6.07) is 1.15. The molecule has 1 heterocycles. The molecule has 10 heteroatoms. The van der Waals surface area contributed by atoms with E-state index in [-0.39, 0.29) is 36.3 Å². The van der Waals surface area contributed by atoms with Gasteiger partial charge < -0.3 is 15.0 Å². The van der Waals surface area contributed by atoms with Crippen LogP contribution in [0.2, 0.25) is 0 Å². The molecule has 1 amide bonds. The number of rotatable bonds is 5. The molecule has 0 spiro atoms. The second kappa shape index (κ2) is 10.1. The minimum absolute atomic E-state index is 0.0900. The first-order valence-electron chi connectivity index (χ1n) is 11.1. The Kier molecular flexibility index (Phi) is 8.36. The van der Waals surface area contributed by atoms with Crippen molar-refractivity contribution in [3.63, 3.8) is 0 Å². The van der Waals surface area contributed by atoms with Crippen molar-refractivity contribution in [3.8, 4) is 0 Å². The van der Waals surface area contributed by atoms with Crippen molar-refractivity contribution in [2.45, 2.75) is 103 Å². The number of halogens is 6. The van der Waals surface area contributed by atoms with Crippen molar-refractivity contribution < 1.29 is 35.9 Å². The van der Waals surface area contributed by atoms with E-state index in [2.05, 4.69) is 5.32 Å². The zero-order valence-electron chi connectivity index (χ0n) is 19.5. The maximum Gasteiger partial charge on any atom is 0.416 e. The molecule has 0 aromatic heterocycles. The van der Waals surface area contributed by atoms with Gasteiger partial charge in [-0.05, 0) is 70.2 Å². The fraction of sp³-hybridized carbons (Fsp3) is 0.696. The molecule has 2 unspecified atom stereocenters. The number of nitrogens with one attached hydrogen (secondary N) is 1. The van der Waals surface area contributed by atoms with E-state index in [0.717, 1.165) is 12.1 Å². The van der Waals surface area contributed by atoms with Gasteiger partial charge in [0.1, 0.15) is 5.60 Å². The predicted molar refractivity (Wildman–Crippen MR) is 113 cm³/mol. The lowest BCUT2D eigenvalue weighted by Gasteiger charge is -2.45. The van der Waals surface area contributed by atoms with Crippen molar-refractivity contribution in [3.05, 3.63) is 34.9 Å². The van der Waals surface area contributed by atoms with Gasteiger partial charge in [0.05, 0.1) is 11.1 Å². The molecule has 1 aliphatic heterocycles. The highest BCUT2D eigenvalue weighted by Crippen LogP contribution is 2.36. The summed E-state index contributed by atoms with van der Waals surface area (Å²) < 4.78 is 84.3. The summed E-state index contributed by atoms with van der Waals surface area (Å²) in [4.78, 5) is 14.5. The lowest BCUT2D eigenvalue weighted by Crippen LogP contribution is -2.56.